The fourth-order valence-corrected chi connectivity index (χ4v) is 2.30. The zero-order valence-corrected chi connectivity index (χ0v) is 12.3. The third-order valence-electron chi connectivity index (χ3n) is 3.53. The van der Waals surface area contributed by atoms with Crippen molar-refractivity contribution in [2.75, 3.05) is 26.4 Å². The maximum atomic E-state index is 11.9. The van der Waals surface area contributed by atoms with Crippen LogP contribution in [-0.4, -0.2) is 38.4 Å². The largest absolute Gasteiger partial charge is 0.379 e. The fourth-order valence-electron chi connectivity index (χ4n) is 2.30. The van der Waals surface area contributed by atoms with Crippen LogP contribution in [0, 0.1) is 0 Å². The number of rotatable bonds is 8. The number of ether oxygens (including phenoxy) is 2. The van der Waals surface area contributed by atoms with Crippen molar-refractivity contribution < 1.29 is 14.3 Å². The van der Waals surface area contributed by atoms with Crippen LogP contribution in [-0.2, 0) is 14.3 Å². The summed E-state index contributed by atoms with van der Waals surface area (Å²) >= 11 is 0. The topological polar surface area (TPSA) is 73.6 Å². The Morgan fingerprint density at radius 2 is 2.24 bits per heavy atom. The van der Waals surface area contributed by atoms with Gasteiger partial charge in [0, 0.05) is 19.8 Å². The molecule has 1 fully saturated rings. The first-order valence-corrected chi connectivity index (χ1v) is 7.55. The molecule has 5 heteroatoms. The number of nitrogens with one attached hydrogen (secondary N) is 1. The molecule has 0 aliphatic carbocycles. The molecule has 1 unspecified atom stereocenters. The molecule has 0 aromatic heterocycles. The van der Waals surface area contributed by atoms with Crippen molar-refractivity contribution in [3.63, 3.8) is 0 Å². The molecule has 1 amide bonds. The van der Waals surface area contributed by atoms with Crippen LogP contribution >= 0.6 is 0 Å². The number of nitrogens with two attached hydrogens (primary N) is 1. The van der Waals surface area contributed by atoms with Gasteiger partial charge in [-0.1, -0.05) is 30.3 Å². The Morgan fingerprint density at radius 1 is 1.43 bits per heavy atom. The molecule has 1 aliphatic rings. The van der Waals surface area contributed by atoms with Crippen molar-refractivity contribution >= 4 is 5.91 Å². The molecule has 1 aliphatic heterocycles. The second kappa shape index (κ2) is 8.77. The Bertz CT molecular complexity index is 419. The van der Waals surface area contributed by atoms with Gasteiger partial charge >= 0.3 is 0 Å². The number of benzene rings is 1. The number of carbonyl (C=O) groups excluding carboxylic acids is 1. The van der Waals surface area contributed by atoms with Crippen molar-refractivity contribution in [2.24, 2.45) is 5.73 Å². The molecule has 5 nitrogen and oxygen atoms in total. The third-order valence-corrected chi connectivity index (χ3v) is 3.53. The van der Waals surface area contributed by atoms with Gasteiger partial charge in [-0.05, 0) is 24.8 Å². The van der Waals surface area contributed by atoms with Gasteiger partial charge in [0.2, 0.25) is 5.91 Å². The highest BCUT2D eigenvalue weighted by molar-refractivity contribution is 5.82. The van der Waals surface area contributed by atoms with E-state index in [1.807, 2.05) is 30.3 Å². The minimum Gasteiger partial charge on any atom is -0.379 e. The molecule has 1 saturated heterocycles. The molecule has 0 saturated carbocycles. The lowest BCUT2D eigenvalue weighted by atomic mass is 10.1. The van der Waals surface area contributed by atoms with Crippen LogP contribution in [0.15, 0.2) is 30.3 Å². The van der Waals surface area contributed by atoms with Gasteiger partial charge in [-0.2, -0.15) is 0 Å². The molecule has 0 radical (unpaired) electrons. The van der Waals surface area contributed by atoms with Crippen LogP contribution in [0.4, 0.5) is 0 Å². The lowest BCUT2D eigenvalue weighted by Gasteiger charge is -2.13. The molecule has 2 atom stereocenters. The van der Waals surface area contributed by atoms with Crippen molar-refractivity contribution in [2.45, 2.75) is 31.4 Å². The summed E-state index contributed by atoms with van der Waals surface area (Å²) in [6, 6.07) is 8.76. The first-order valence-electron chi connectivity index (χ1n) is 7.55. The van der Waals surface area contributed by atoms with Gasteiger partial charge in [0.15, 0.2) is 0 Å². The first kappa shape index (κ1) is 15.9. The van der Waals surface area contributed by atoms with Crippen molar-refractivity contribution in [1.29, 1.82) is 0 Å². The molecule has 2 rings (SSSR count). The van der Waals surface area contributed by atoms with Crippen LogP contribution in [0.5, 0.6) is 0 Å². The van der Waals surface area contributed by atoms with Crippen molar-refractivity contribution in [3.05, 3.63) is 35.9 Å². The summed E-state index contributed by atoms with van der Waals surface area (Å²) < 4.78 is 11.0. The predicted molar refractivity (Wildman–Crippen MR) is 80.8 cm³/mol. The standard InChI is InChI=1S/C16H24N2O3/c17-15(13-6-2-1-3-7-13)16(19)18-9-5-10-20-12-14-8-4-11-21-14/h1-3,6-7,14-15H,4-5,8-12,17H2,(H,18,19)/t14?,15-/m0/s1. The molecule has 21 heavy (non-hydrogen) atoms. The molecule has 0 bridgehead atoms. The van der Waals surface area contributed by atoms with Crippen molar-refractivity contribution in [1.82, 2.24) is 5.32 Å². The quantitative estimate of drug-likeness (QED) is 0.710. The smallest absolute Gasteiger partial charge is 0.241 e. The second-order valence-corrected chi connectivity index (χ2v) is 5.24. The molecule has 1 aromatic carbocycles. The molecule has 116 valence electrons. The summed E-state index contributed by atoms with van der Waals surface area (Å²) in [6.45, 7) is 2.70. The van der Waals surface area contributed by atoms with Gasteiger partial charge in [0.1, 0.15) is 6.04 Å². The summed E-state index contributed by atoms with van der Waals surface area (Å²) in [5.74, 6) is -0.152. The lowest BCUT2D eigenvalue weighted by molar-refractivity contribution is -0.122. The highest BCUT2D eigenvalue weighted by Gasteiger charge is 2.16. The average molecular weight is 292 g/mol. The van der Waals surface area contributed by atoms with Crippen LogP contribution < -0.4 is 11.1 Å². The number of carbonyl (C=O) groups is 1. The van der Waals surface area contributed by atoms with Crippen LogP contribution in [0.2, 0.25) is 0 Å². The van der Waals surface area contributed by atoms with Gasteiger partial charge in [0.25, 0.3) is 0 Å². The minimum atomic E-state index is -0.612. The SMILES string of the molecule is N[C@H](C(=O)NCCCOCC1CCCO1)c1ccccc1. The molecule has 1 aromatic rings. The van der Waals surface area contributed by atoms with Crippen molar-refractivity contribution in [3.8, 4) is 0 Å². The monoisotopic (exact) mass is 292 g/mol. The number of hydrogen-bond donors (Lipinski definition) is 2. The highest BCUT2D eigenvalue weighted by Crippen LogP contribution is 2.12. The maximum absolute atomic E-state index is 11.9. The Hall–Kier alpha value is -1.43. The average Bonchev–Trinajstić information content (AvgIpc) is 3.04. The van der Waals surface area contributed by atoms with Gasteiger partial charge in [-0.3, -0.25) is 4.79 Å². The Labute approximate surface area is 125 Å². The predicted octanol–water partition coefficient (Wildman–Crippen LogP) is 1.39. The van der Waals surface area contributed by atoms with E-state index in [-0.39, 0.29) is 12.0 Å². The van der Waals surface area contributed by atoms with E-state index in [2.05, 4.69) is 5.32 Å². The summed E-state index contributed by atoms with van der Waals surface area (Å²) in [5, 5.41) is 2.83. The van der Waals surface area contributed by atoms with Gasteiger partial charge < -0.3 is 20.5 Å². The van der Waals surface area contributed by atoms with Gasteiger partial charge in [0.05, 0.1) is 12.7 Å². The molecule has 1 heterocycles. The number of amides is 1. The maximum Gasteiger partial charge on any atom is 0.241 e. The second-order valence-electron chi connectivity index (χ2n) is 5.24. The third kappa shape index (κ3) is 5.46. The first-order chi connectivity index (χ1) is 10.3. The minimum absolute atomic E-state index is 0.152. The zero-order chi connectivity index (χ0) is 14.9. The fraction of sp³-hybridized carbons (Fsp3) is 0.562. The number of hydrogen-bond acceptors (Lipinski definition) is 4. The summed E-state index contributed by atoms with van der Waals surface area (Å²) in [6.07, 6.45) is 3.25. The normalized spacial score (nSPS) is 19.4. The van der Waals surface area contributed by atoms with Gasteiger partial charge in [-0.15, -0.1) is 0 Å². The van der Waals surface area contributed by atoms with E-state index in [0.29, 0.717) is 19.8 Å². The Kier molecular flexibility index (Phi) is 6.66. The zero-order valence-electron chi connectivity index (χ0n) is 12.3. The Morgan fingerprint density at radius 3 is 2.95 bits per heavy atom. The summed E-state index contributed by atoms with van der Waals surface area (Å²) in [5.41, 5.74) is 6.73. The summed E-state index contributed by atoms with van der Waals surface area (Å²) in [7, 11) is 0. The molecule has 3 N–H and O–H groups in total. The summed E-state index contributed by atoms with van der Waals surface area (Å²) in [4.78, 5) is 11.9. The van der Waals surface area contributed by atoms with E-state index in [0.717, 1.165) is 31.4 Å². The van der Waals surface area contributed by atoms with E-state index < -0.39 is 6.04 Å². The van der Waals surface area contributed by atoms with Crippen LogP contribution in [0.25, 0.3) is 0 Å². The highest BCUT2D eigenvalue weighted by atomic mass is 16.5. The van der Waals surface area contributed by atoms with E-state index in [4.69, 9.17) is 15.2 Å². The lowest BCUT2D eigenvalue weighted by Crippen LogP contribution is -2.35. The van der Waals surface area contributed by atoms with E-state index in [9.17, 15) is 4.79 Å². The Balaban J connectivity index is 1.54. The van der Waals surface area contributed by atoms with E-state index in [1.165, 1.54) is 0 Å². The van der Waals surface area contributed by atoms with Gasteiger partial charge in [-0.25, -0.2) is 0 Å². The molecule has 0 spiro atoms. The molecular formula is C16H24N2O3. The van der Waals surface area contributed by atoms with Crippen LogP contribution in [0.1, 0.15) is 30.9 Å². The van der Waals surface area contributed by atoms with E-state index >= 15 is 0 Å². The van der Waals surface area contributed by atoms with E-state index in [1.54, 1.807) is 0 Å². The molecular weight excluding hydrogens is 268 g/mol. The van der Waals surface area contributed by atoms with Crippen LogP contribution in [0.3, 0.4) is 0 Å².